The van der Waals surface area contributed by atoms with Crippen LogP contribution in [0.5, 0.6) is 0 Å². The van der Waals surface area contributed by atoms with Gasteiger partial charge in [0.25, 0.3) is 0 Å². The Morgan fingerprint density at radius 1 is 1.10 bits per heavy atom. The maximum absolute atomic E-state index is 11.2. The summed E-state index contributed by atoms with van der Waals surface area (Å²) in [4.78, 5) is 11.2. The first-order valence-electron chi connectivity index (χ1n) is 6.70. The van der Waals surface area contributed by atoms with E-state index in [1.165, 1.54) is 11.1 Å². The molecule has 0 atom stereocenters. The first kappa shape index (κ1) is 14.8. The van der Waals surface area contributed by atoms with E-state index in [2.05, 4.69) is 34.7 Å². The second-order valence-electron chi connectivity index (χ2n) is 4.57. The smallest absolute Gasteiger partial charge is 0.412 e. The molecule has 110 valence electrons. The summed E-state index contributed by atoms with van der Waals surface area (Å²) in [5.41, 5.74) is 3.38. The first-order valence-corrected chi connectivity index (χ1v) is 6.70. The molecule has 0 spiro atoms. The highest BCUT2D eigenvalue weighted by atomic mass is 16.5. The number of anilines is 3. The molecular weight excluding hydrogens is 268 g/mol. The van der Waals surface area contributed by atoms with Crippen LogP contribution in [-0.4, -0.2) is 22.9 Å². The predicted octanol–water partition coefficient (Wildman–Crippen LogP) is 3.41. The van der Waals surface area contributed by atoms with Crippen LogP contribution in [0.1, 0.15) is 18.1 Å². The Morgan fingerprint density at radius 3 is 2.43 bits per heavy atom. The number of carbonyl (C=O) groups is 1. The first-order chi connectivity index (χ1) is 10.1. The molecule has 2 N–H and O–H groups in total. The third kappa shape index (κ3) is 4.17. The van der Waals surface area contributed by atoms with E-state index in [1.807, 2.05) is 18.2 Å². The summed E-state index contributed by atoms with van der Waals surface area (Å²) in [6.45, 7) is 6.17. The Morgan fingerprint density at radius 2 is 1.81 bits per heavy atom. The minimum atomic E-state index is -0.540. The fraction of sp³-hybridized carbons (Fsp3) is 0.267. The molecule has 1 heterocycles. The Hall–Kier alpha value is -2.63. The zero-order valence-corrected chi connectivity index (χ0v) is 12.3. The van der Waals surface area contributed by atoms with E-state index in [9.17, 15) is 4.79 Å². The fourth-order valence-corrected chi connectivity index (χ4v) is 1.70. The van der Waals surface area contributed by atoms with Gasteiger partial charge in [-0.15, -0.1) is 10.2 Å². The molecule has 1 amide bonds. The van der Waals surface area contributed by atoms with E-state index in [1.54, 1.807) is 19.1 Å². The standard InChI is InChI=1S/C15H18N4O2/c1-4-21-15(20)17-14-8-7-13(18-19-14)16-12-6-5-10(2)11(3)9-12/h5-9H,4H2,1-3H3,(H,16,18)(H,17,19,20). The average Bonchev–Trinajstić information content (AvgIpc) is 2.45. The molecular formula is C15H18N4O2. The number of aryl methyl sites for hydroxylation is 2. The number of nitrogens with zero attached hydrogens (tertiary/aromatic N) is 2. The van der Waals surface area contributed by atoms with Gasteiger partial charge in [-0.05, 0) is 56.2 Å². The summed E-state index contributed by atoms with van der Waals surface area (Å²) in [5, 5.41) is 13.6. The predicted molar refractivity (Wildman–Crippen MR) is 81.9 cm³/mol. The molecule has 0 fully saturated rings. The van der Waals surface area contributed by atoms with Crippen molar-refractivity contribution in [3.63, 3.8) is 0 Å². The summed E-state index contributed by atoms with van der Waals surface area (Å²) in [5.74, 6) is 0.951. The zero-order chi connectivity index (χ0) is 15.2. The lowest BCUT2D eigenvalue weighted by molar-refractivity contribution is 0.168. The minimum absolute atomic E-state index is 0.311. The van der Waals surface area contributed by atoms with Crippen molar-refractivity contribution in [1.82, 2.24) is 10.2 Å². The van der Waals surface area contributed by atoms with Gasteiger partial charge in [0.15, 0.2) is 11.6 Å². The number of ether oxygens (including phenoxy) is 1. The molecule has 6 heteroatoms. The maximum atomic E-state index is 11.2. The van der Waals surface area contributed by atoms with Crippen molar-refractivity contribution in [1.29, 1.82) is 0 Å². The van der Waals surface area contributed by atoms with Gasteiger partial charge in [0.1, 0.15) is 0 Å². The number of hydrogen-bond acceptors (Lipinski definition) is 5. The maximum Gasteiger partial charge on any atom is 0.412 e. The van der Waals surface area contributed by atoms with Crippen molar-refractivity contribution < 1.29 is 9.53 Å². The van der Waals surface area contributed by atoms with E-state index in [4.69, 9.17) is 4.74 Å². The molecule has 2 rings (SSSR count). The van der Waals surface area contributed by atoms with E-state index < -0.39 is 6.09 Å². The van der Waals surface area contributed by atoms with E-state index >= 15 is 0 Å². The fourth-order valence-electron chi connectivity index (χ4n) is 1.70. The molecule has 2 aromatic rings. The number of carbonyl (C=O) groups excluding carboxylic acids is 1. The van der Waals surface area contributed by atoms with Crippen molar-refractivity contribution >= 4 is 23.4 Å². The largest absolute Gasteiger partial charge is 0.450 e. The van der Waals surface area contributed by atoms with E-state index in [-0.39, 0.29) is 0 Å². The quantitative estimate of drug-likeness (QED) is 0.900. The molecule has 0 bridgehead atoms. The SMILES string of the molecule is CCOC(=O)Nc1ccc(Nc2ccc(C)c(C)c2)nn1. The van der Waals surface area contributed by atoms with Gasteiger partial charge in [-0.1, -0.05) is 6.07 Å². The van der Waals surface area contributed by atoms with Crippen molar-refractivity contribution in [2.45, 2.75) is 20.8 Å². The second-order valence-corrected chi connectivity index (χ2v) is 4.57. The summed E-state index contributed by atoms with van der Waals surface area (Å²) in [6, 6.07) is 9.47. The number of nitrogens with one attached hydrogen (secondary N) is 2. The van der Waals surface area contributed by atoms with Gasteiger partial charge >= 0.3 is 6.09 Å². The highest BCUT2D eigenvalue weighted by Crippen LogP contribution is 2.18. The van der Waals surface area contributed by atoms with Crippen LogP contribution >= 0.6 is 0 Å². The van der Waals surface area contributed by atoms with E-state index in [0.717, 1.165) is 5.69 Å². The highest BCUT2D eigenvalue weighted by Gasteiger charge is 2.04. The molecule has 0 saturated heterocycles. The zero-order valence-electron chi connectivity index (χ0n) is 12.3. The van der Waals surface area contributed by atoms with Crippen LogP contribution in [0.25, 0.3) is 0 Å². The highest BCUT2D eigenvalue weighted by molar-refractivity contribution is 5.83. The van der Waals surface area contributed by atoms with Crippen LogP contribution in [0, 0.1) is 13.8 Å². The van der Waals surface area contributed by atoms with Crippen LogP contribution in [0.4, 0.5) is 22.1 Å². The summed E-state index contributed by atoms with van der Waals surface area (Å²) < 4.78 is 4.76. The van der Waals surface area contributed by atoms with Crippen molar-refractivity contribution in [2.75, 3.05) is 17.2 Å². The van der Waals surface area contributed by atoms with Gasteiger partial charge in [-0.3, -0.25) is 5.32 Å². The number of amides is 1. The monoisotopic (exact) mass is 286 g/mol. The Bertz CT molecular complexity index is 626. The Balaban J connectivity index is 2.01. The van der Waals surface area contributed by atoms with Crippen molar-refractivity contribution in [3.8, 4) is 0 Å². The summed E-state index contributed by atoms with van der Waals surface area (Å²) in [7, 11) is 0. The van der Waals surface area contributed by atoms with Gasteiger partial charge in [-0.2, -0.15) is 0 Å². The Kier molecular flexibility index (Phi) is 4.71. The lowest BCUT2D eigenvalue weighted by Crippen LogP contribution is -2.14. The molecule has 0 radical (unpaired) electrons. The number of benzene rings is 1. The minimum Gasteiger partial charge on any atom is -0.450 e. The lowest BCUT2D eigenvalue weighted by Gasteiger charge is -2.08. The van der Waals surface area contributed by atoms with Crippen LogP contribution in [0.3, 0.4) is 0 Å². The van der Waals surface area contributed by atoms with E-state index in [0.29, 0.717) is 18.2 Å². The molecule has 0 aliphatic carbocycles. The molecule has 6 nitrogen and oxygen atoms in total. The van der Waals surface area contributed by atoms with Gasteiger partial charge in [0, 0.05) is 5.69 Å². The topological polar surface area (TPSA) is 76.1 Å². The molecule has 0 unspecified atom stereocenters. The molecule has 1 aromatic carbocycles. The van der Waals surface area contributed by atoms with Gasteiger partial charge in [0.2, 0.25) is 0 Å². The summed E-state index contributed by atoms with van der Waals surface area (Å²) in [6.07, 6.45) is -0.540. The normalized spacial score (nSPS) is 10.0. The van der Waals surface area contributed by atoms with Crippen LogP contribution in [-0.2, 0) is 4.74 Å². The molecule has 21 heavy (non-hydrogen) atoms. The molecule has 1 aromatic heterocycles. The third-order valence-corrected chi connectivity index (χ3v) is 2.95. The van der Waals surface area contributed by atoms with Crippen molar-refractivity contribution in [2.24, 2.45) is 0 Å². The number of hydrogen-bond donors (Lipinski definition) is 2. The average molecular weight is 286 g/mol. The van der Waals surface area contributed by atoms with Crippen molar-refractivity contribution in [3.05, 3.63) is 41.5 Å². The van der Waals surface area contributed by atoms with Gasteiger partial charge in [0.05, 0.1) is 6.61 Å². The van der Waals surface area contributed by atoms with Crippen LogP contribution in [0.15, 0.2) is 30.3 Å². The van der Waals surface area contributed by atoms with Gasteiger partial charge < -0.3 is 10.1 Å². The Labute approximate surface area is 123 Å². The van der Waals surface area contributed by atoms with Gasteiger partial charge in [-0.25, -0.2) is 4.79 Å². The molecule has 0 aliphatic rings. The van der Waals surface area contributed by atoms with Crippen LogP contribution < -0.4 is 10.6 Å². The number of aromatic nitrogens is 2. The third-order valence-electron chi connectivity index (χ3n) is 2.95. The number of rotatable bonds is 4. The molecule has 0 aliphatic heterocycles. The molecule has 0 saturated carbocycles. The lowest BCUT2D eigenvalue weighted by atomic mass is 10.1. The second kappa shape index (κ2) is 6.69. The van der Waals surface area contributed by atoms with Crippen LogP contribution in [0.2, 0.25) is 0 Å². The summed E-state index contributed by atoms with van der Waals surface area (Å²) >= 11 is 0.